The quantitative estimate of drug-likeness (QED) is 0.618. The van der Waals surface area contributed by atoms with Crippen LogP contribution in [0.15, 0.2) is 50.7 Å². The van der Waals surface area contributed by atoms with Gasteiger partial charge < -0.3 is 4.74 Å². The first-order valence-electron chi connectivity index (χ1n) is 5.88. The summed E-state index contributed by atoms with van der Waals surface area (Å²) in [4.78, 5) is 15.7. The molecule has 0 unspecified atom stereocenters. The Hall–Kier alpha value is -1.73. The van der Waals surface area contributed by atoms with E-state index in [0.29, 0.717) is 11.3 Å². The Morgan fingerprint density at radius 2 is 2.24 bits per heavy atom. The number of rotatable bonds is 4. The van der Waals surface area contributed by atoms with Gasteiger partial charge in [-0.1, -0.05) is 15.9 Å². The zero-order valence-electron chi connectivity index (χ0n) is 11.0. The summed E-state index contributed by atoms with van der Waals surface area (Å²) in [5.41, 5.74) is 3.61. The van der Waals surface area contributed by atoms with Crippen molar-refractivity contribution in [2.75, 3.05) is 7.11 Å². The average molecular weight is 413 g/mol. The van der Waals surface area contributed by atoms with E-state index in [1.165, 1.54) is 12.4 Å². The number of nitrogens with zero attached hydrogens (tertiary/aromatic N) is 2. The van der Waals surface area contributed by atoms with Crippen molar-refractivity contribution in [3.8, 4) is 5.75 Å². The number of hydrogen-bond donors (Lipinski definition) is 1. The van der Waals surface area contributed by atoms with Gasteiger partial charge in [-0.05, 0) is 40.2 Å². The summed E-state index contributed by atoms with van der Waals surface area (Å²) in [5.74, 6) is 0.310. The first-order valence-corrected chi connectivity index (χ1v) is 7.47. The largest absolute Gasteiger partial charge is 0.495 e. The lowest BCUT2D eigenvalue weighted by molar-refractivity contribution is 0.0955. The van der Waals surface area contributed by atoms with Gasteiger partial charge in [-0.2, -0.15) is 5.10 Å². The van der Waals surface area contributed by atoms with Crippen molar-refractivity contribution >= 4 is 44.0 Å². The summed E-state index contributed by atoms with van der Waals surface area (Å²) in [6, 6.07) is 7.05. The van der Waals surface area contributed by atoms with Crippen LogP contribution in [0.5, 0.6) is 5.75 Å². The summed E-state index contributed by atoms with van der Waals surface area (Å²) >= 11 is 6.79. The Labute approximate surface area is 138 Å². The fourth-order valence-electron chi connectivity index (χ4n) is 1.61. The molecule has 108 valence electrons. The van der Waals surface area contributed by atoms with E-state index < -0.39 is 0 Å². The van der Waals surface area contributed by atoms with E-state index >= 15 is 0 Å². The second-order valence-electron chi connectivity index (χ2n) is 3.95. The van der Waals surface area contributed by atoms with Crippen molar-refractivity contribution in [2.24, 2.45) is 5.10 Å². The molecule has 1 aromatic heterocycles. The van der Waals surface area contributed by atoms with Gasteiger partial charge in [0.05, 0.1) is 23.4 Å². The lowest BCUT2D eigenvalue weighted by Crippen LogP contribution is -2.17. The third-order valence-corrected chi connectivity index (χ3v) is 3.58. The van der Waals surface area contributed by atoms with Crippen molar-refractivity contribution in [1.82, 2.24) is 10.4 Å². The van der Waals surface area contributed by atoms with Crippen LogP contribution in [0.2, 0.25) is 0 Å². The highest BCUT2D eigenvalue weighted by molar-refractivity contribution is 9.11. The molecule has 0 bridgehead atoms. The van der Waals surface area contributed by atoms with Gasteiger partial charge in [-0.25, -0.2) is 5.43 Å². The van der Waals surface area contributed by atoms with Crippen LogP contribution in [0.4, 0.5) is 0 Å². The molecule has 0 fully saturated rings. The Kier molecular flexibility index (Phi) is 5.46. The summed E-state index contributed by atoms with van der Waals surface area (Å²) in [6.45, 7) is 0. The summed E-state index contributed by atoms with van der Waals surface area (Å²) in [5, 5.41) is 3.93. The van der Waals surface area contributed by atoms with E-state index in [-0.39, 0.29) is 5.91 Å². The zero-order chi connectivity index (χ0) is 15.2. The number of hydrazone groups is 1. The molecule has 21 heavy (non-hydrogen) atoms. The molecule has 0 saturated carbocycles. The molecule has 1 aromatic carbocycles. The number of carbonyl (C=O) groups is 1. The number of halogens is 2. The molecule has 0 radical (unpaired) electrons. The first kappa shape index (κ1) is 15.7. The van der Waals surface area contributed by atoms with Crippen LogP contribution in [-0.4, -0.2) is 24.2 Å². The Morgan fingerprint density at radius 1 is 1.43 bits per heavy atom. The van der Waals surface area contributed by atoms with Crippen molar-refractivity contribution in [3.63, 3.8) is 0 Å². The number of amides is 1. The van der Waals surface area contributed by atoms with Gasteiger partial charge in [0.2, 0.25) is 0 Å². The van der Waals surface area contributed by atoms with Crippen LogP contribution in [0.1, 0.15) is 15.9 Å². The summed E-state index contributed by atoms with van der Waals surface area (Å²) in [7, 11) is 1.57. The number of hydrogen-bond acceptors (Lipinski definition) is 4. The number of pyridine rings is 1. The maximum Gasteiger partial charge on any atom is 0.272 e. The molecule has 0 aliphatic rings. The molecule has 2 rings (SSSR count). The van der Waals surface area contributed by atoms with Gasteiger partial charge in [0.1, 0.15) is 5.75 Å². The number of aromatic nitrogens is 1. The molecule has 0 atom stereocenters. The van der Waals surface area contributed by atoms with Crippen LogP contribution >= 0.6 is 31.9 Å². The smallest absolute Gasteiger partial charge is 0.272 e. The fraction of sp³-hybridized carbons (Fsp3) is 0.0714. The van der Waals surface area contributed by atoms with E-state index in [1.54, 1.807) is 25.4 Å². The molecular weight excluding hydrogens is 402 g/mol. The summed E-state index contributed by atoms with van der Waals surface area (Å²) < 4.78 is 6.95. The minimum Gasteiger partial charge on any atom is -0.495 e. The molecule has 1 amide bonds. The highest BCUT2D eigenvalue weighted by Crippen LogP contribution is 2.31. The maximum absolute atomic E-state index is 11.8. The third kappa shape index (κ3) is 4.12. The van der Waals surface area contributed by atoms with Gasteiger partial charge in [-0.15, -0.1) is 0 Å². The highest BCUT2D eigenvalue weighted by atomic mass is 79.9. The molecule has 2 aromatic rings. The Bertz CT molecular complexity index is 675. The predicted octanol–water partition coefficient (Wildman–Crippen LogP) is 3.38. The number of methoxy groups -OCH3 is 1. The predicted molar refractivity (Wildman–Crippen MR) is 87.7 cm³/mol. The number of carbonyl (C=O) groups excluding carboxylic acids is 1. The topological polar surface area (TPSA) is 63.6 Å². The third-order valence-electron chi connectivity index (χ3n) is 2.53. The highest BCUT2D eigenvalue weighted by Gasteiger charge is 2.08. The SMILES string of the molecule is COc1c(Br)cc(Br)cc1/C=N\NC(=O)c1cccnc1. The summed E-state index contributed by atoms with van der Waals surface area (Å²) in [6.07, 6.45) is 4.59. The standard InChI is InChI=1S/C14H11Br2N3O2/c1-21-13-10(5-11(15)6-12(13)16)8-18-19-14(20)9-3-2-4-17-7-9/h2-8H,1H3,(H,19,20)/b18-8-. The van der Waals surface area contributed by atoms with Crippen molar-refractivity contribution < 1.29 is 9.53 Å². The van der Waals surface area contributed by atoms with Gasteiger partial charge in [-0.3, -0.25) is 9.78 Å². The van der Waals surface area contributed by atoms with Gasteiger partial charge in [0, 0.05) is 22.4 Å². The first-order chi connectivity index (χ1) is 10.1. The van der Waals surface area contributed by atoms with E-state index in [0.717, 1.165) is 14.5 Å². The van der Waals surface area contributed by atoms with Gasteiger partial charge in [0.15, 0.2) is 0 Å². The Morgan fingerprint density at radius 3 is 2.90 bits per heavy atom. The second-order valence-corrected chi connectivity index (χ2v) is 5.72. The molecule has 5 nitrogen and oxygen atoms in total. The number of nitrogens with one attached hydrogen (secondary N) is 1. The molecule has 1 heterocycles. The minimum absolute atomic E-state index is 0.327. The van der Waals surface area contributed by atoms with Crippen molar-refractivity contribution in [1.29, 1.82) is 0 Å². The molecular formula is C14H11Br2N3O2. The lowest BCUT2D eigenvalue weighted by Gasteiger charge is -2.07. The zero-order valence-corrected chi connectivity index (χ0v) is 14.2. The monoisotopic (exact) mass is 411 g/mol. The minimum atomic E-state index is -0.327. The molecule has 0 aliphatic heterocycles. The number of benzene rings is 1. The fourth-order valence-corrected chi connectivity index (χ4v) is 3.03. The van der Waals surface area contributed by atoms with E-state index in [2.05, 4.69) is 47.4 Å². The molecule has 0 aliphatic carbocycles. The molecule has 7 heteroatoms. The van der Waals surface area contributed by atoms with Crippen molar-refractivity contribution in [2.45, 2.75) is 0 Å². The van der Waals surface area contributed by atoms with Gasteiger partial charge >= 0.3 is 0 Å². The normalized spacial score (nSPS) is 10.6. The van der Waals surface area contributed by atoms with Crippen molar-refractivity contribution in [3.05, 3.63) is 56.7 Å². The van der Waals surface area contributed by atoms with E-state index in [9.17, 15) is 4.79 Å². The lowest BCUT2D eigenvalue weighted by atomic mass is 10.2. The van der Waals surface area contributed by atoms with Gasteiger partial charge in [0.25, 0.3) is 5.91 Å². The number of ether oxygens (including phenoxy) is 1. The average Bonchev–Trinajstić information content (AvgIpc) is 2.47. The van der Waals surface area contributed by atoms with Crippen LogP contribution < -0.4 is 10.2 Å². The van der Waals surface area contributed by atoms with Crippen LogP contribution in [0.3, 0.4) is 0 Å². The molecule has 1 N–H and O–H groups in total. The molecule has 0 saturated heterocycles. The Balaban J connectivity index is 2.13. The van der Waals surface area contributed by atoms with E-state index in [4.69, 9.17) is 4.74 Å². The van der Waals surface area contributed by atoms with Crippen LogP contribution in [0.25, 0.3) is 0 Å². The second kappa shape index (κ2) is 7.33. The van der Waals surface area contributed by atoms with E-state index in [1.807, 2.05) is 12.1 Å². The molecule has 0 spiro atoms. The van der Waals surface area contributed by atoms with Crippen LogP contribution in [-0.2, 0) is 0 Å². The van der Waals surface area contributed by atoms with Crippen LogP contribution in [0, 0.1) is 0 Å². The maximum atomic E-state index is 11.8.